The second-order valence-electron chi connectivity index (χ2n) is 8.55. The Labute approximate surface area is 179 Å². The van der Waals surface area contributed by atoms with E-state index in [2.05, 4.69) is 64.1 Å². The summed E-state index contributed by atoms with van der Waals surface area (Å²) in [6, 6.07) is 19.0. The number of benzene rings is 2. The number of nitrogens with one attached hydrogen (secondary N) is 2. The minimum absolute atomic E-state index is 0.0762. The van der Waals surface area contributed by atoms with Gasteiger partial charge >= 0.3 is 6.03 Å². The summed E-state index contributed by atoms with van der Waals surface area (Å²) in [6.45, 7) is 5.66. The predicted octanol–water partition coefficient (Wildman–Crippen LogP) is 3.83. The van der Waals surface area contributed by atoms with E-state index in [1.807, 2.05) is 6.07 Å². The van der Waals surface area contributed by atoms with Gasteiger partial charge in [0.2, 0.25) is 0 Å². The largest absolute Gasteiger partial charge is 0.379 e. The highest BCUT2D eigenvalue weighted by Gasteiger charge is 2.35. The van der Waals surface area contributed by atoms with Crippen molar-refractivity contribution in [1.82, 2.24) is 15.5 Å². The average molecular weight is 408 g/mol. The van der Waals surface area contributed by atoms with Gasteiger partial charge in [0.25, 0.3) is 0 Å². The summed E-state index contributed by atoms with van der Waals surface area (Å²) < 4.78 is 5.45. The number of carbonyl (C=O) groups is 1. The van der Waals surface area contributed by atoms with Gasteiger partial charge in [-0.05, 0) is 29.5 Å². The summed E-state index contributed by atoms with van der Waals surface area (Å²) in [4.78, 5) is 15.0. The highest BCUT2D eigenvalue weighted by atomic mass is 16.5. The third kappa shape index (κ3) is 5.21. The van der Waals surface area contributed by atoms with Gasteiger partial charge in [0, 0.05) is 38.1 Å². The fourth-order valence-electron chi connectivity index (χ4n) is 4.78. The molecule has 2 N–H and O–H groups in total. The first kappa shape index (κ1) is 20.9. The number of morpholine rings is 1. The number of nitrogens with zero attached hydrogens (tertiary/aromatic N) is 1. The molecule has 5 heteroatoms. The molecule has 5 nitrogen and oxygen atoms in total. The van der Waals surface area contributed by atoms with Crippen LogP contribution in [0.3, 0.4) is 0 Å². The van der Waals surface area contributed by atoms with Crippen molar-refractivity contribution < 1.29 is 9.53 Å². The molecule has 0 unspecified atom stereocenters. The molecule has 0 atom stereocenters. The lowest BCUT2D eigenvalue weighted by Gasteiger charge is -2.30. The molecule has 0 aromatic heterocycles. The number of hydrogen-bond acceptors (Lipinski definition) is 3. The molecule has 1 saturated carbocycles. The van der Waals surface area contributed by atoms with Crippen LogP contribution >= 0.6 is 0 Å². The maximum Gasteiger partial charge on any atom is 0.315 e. The molecule has 2 fully saturated rings. The van der Waals surface area contributed by atoms with E-state index in [4.69, 9.17) is 4.74 Å². The van der Waals surface area contributed by atoms with Gasteiger partial charge in [-0.3, -0.25) is 4.90 Å². The second-order valence-corrected chi connectivity index (χ2v) is 8.55. The van der Waals surface area contributed by atoms with Gasteiger partial charge in [-0.15, -0.1) is 0 Å². The molecule has 0 bridgehead atoms. The van der Waals surface area contributed by atoms with E-state index in [9.17, 15) is 4.79 Å². The molecular formula is C25H33N3O2. The van der Waals surface area contributed by atoms with Gasteiger partial charge in [-0.25, -0.2) is 4.79 Å². The van der Waals surface area contributed by atoms with Crippen LogP contribution in [0.25, 0.3) is 0 Å². The monoisotopic (exact) mass is 407 g/mol. The summed E-state index contributed by atoms with van der Waals surface area (Å²) >= 11 is 0. The quantitative estimate of drug-likeness (QED) is 0.733. The third-order valence-corrected chi connectivity index (χ3v) is 6.59. The SMILES string of the molecule is O=C(NCc1ccccc1CN1CCOCC1)NCC1(c2ccccc2)CCCC1. The third-order valence-electron chi connectivity index (χ3n) is 6.59. The minimum atomic E-state index is -0.0848. The standard InChI is InChI=1S/C25H33N3O2/c29-24(27-20-25(12-6-7-13-25)23-10-2-1-3-11-23)26-18-21-8-4-5-9-22(21)19-28-14-16-30-17-15-28/h1-5,8-11H,6-7,12-20H2,(H2,26,27,29). The van der Waals surface area contributed by atoms with Crippen molar-refractivity contribution in [2.24, 2.45) is 0 Å². The maximum atomic E-state index is 12.6. The van der Waals surface area contributed by atoms with Crippen LogP contribution in [0.15, 0.2) is 54.6 Å². The Balaban J connectivity index is 1.32. The molecule has 160 valence electrons. The Hall–Kier alpha value is -2.37. The van der Waals surface area contributed by atoms with Crippen LogP contribution < -0.4 is 10.6 Å². The van der Waals surface area contributed by atoms with Gasteiger partial charge in [0.05, 0.1) is 13.2 Å². The summed E-state index contributed by atoms with van der Waals surface area (Å²) in [7, 11) is 0. The van der Waals surface area contributed by atoms with Crippen molar-refractivity contribution in [2.45, 2.75) is 44.2 Å². The Morgan fingerprint density at radius 3 is 2.30 bits per heavy atom. The van der Waals surface area contributed by atoms with Crippen molar-refractivity contribution in [3.63, 3.8) is 0 Å². The van der Waals surface area contributed by atoms with E-state index in [-0.39, 0.29) is 11.4 Å². The maximum absolute atomic E-state index is 12.6. The Morgan fingerprint density at radius 1 is 0.900 bits per heavy atom. The lowest BCUT2D eigenvalue weighted by Crippen LogP contribution is -2.43. The zero-order chi connectivity index (χ0) is 20.7. The smallest absolute Gasteiger partial charge is 0.315 e. The molecule has 2 aromatic rings. The first-order chi connectivity index (χ1) is 14.8. The molecule has 1 aliphatic heterocycles. The number of rotatable bonds is 7. The summed E-state index contributed by atoms with van der Waals surface area (Å²) in [5.41, 5.74) is 3.88. The van der Waals surface area contributed by atoms with E-state index >= 15 is 0 Å². The number of amides is 2. The van der Waals surface area contributed by atoms with Gasteiger partial charge < -0.3 is 15.4 Å². The molecule has 2 aromatic carbocycles. The van der Waals surface area contributed by atoms with Gasteiger partial charge in [-0.1, -0.05) is 67.4 Å². The van der Waals surface area contributed by atoms with Crippen molar-refractivity contribution in [1.29, 1.82) is 0 Å². The molecular weight excluding hydrogens is 374 g/mol. The van der Waals surface area contributed by atoms with Gasteiger partial charge in [0.15, 0.2) is 0 Å². The molecule has 2 aliphatic rings. The first-order valence-corrected chi connectivity index (χ1v) is 11.2. The van der Waals surface area contributed by atoms with Gasteiger partial charge in [0.1, 0.15) is 0 Å². The second kappa shape index (κ2) is 10.1. The van der Waals surface area contributed by atoms with Crippen LogP contribution in [0.2, 0.25) is 0 Å². The van der Waals surface area contributed by atoms with Gasteiger partial charge in [-0.2, -0.15) is 0 Å². The van der Waals surface area contributed by atoms with Crippen LogP contribution in [0.1, 0.15) is 42.4 Å². The van der Waals surface area contributed by atoms with Crippen molar-refractivity contribution >= 4 is 6.03 Å². The van der Waals surface area contributed by atoms with Crippen LogP contribution in [-0.4, -0.2) is 43.8 Å². The predicted molar refractivity (Wildman–Crippen MR) is 119 cm³/mol. The molecule has 1 aliphatic carbocycles. The molecule has 1 heterocycles. The zero-order valence-corrected chi connectivity index (χ0v) is 17.7. The van der Waals surface area contributed by atoms with Crippen LogP contribution in [0, 0.1) is 0 Å². The van der Waals surface area contributed by atoms with Crippen LogP contribution in [0.4, 0.5) is 4.79 Å². The Bertz CT molecular complexity index is 812. The highest BCUT2D eigenvalue weighted by molar-refractivity contribution is 5.74. The molecule has 1 saturated heterocycles. The summed E-state index contributed by atoms with van der Waals surface area (Å²) in [5.74, 6) is 0. The lowest BCUT2D eigenvalue weighted by atomic mass is 9.79. The molecule has 30 heavy (non-hydrogen) atoms. The molecule has 0 radical (unpaired) electrons. The summed E-state index contributed by atoms with van der Waals surface area (Å²) in [6.07, 6.45) is 4.74. The highest BCUT2D eigenvalue weighted by Crippen LogP contribution is 2.40. The fraction of sp³-hybridized carbons (Fsp3) is 0.480. The molecule has 2 amide bonds. The Kier molecular flexibility index (Phi) is 7.03. The van der Waals surface area contributed by atoms with Crippen LogP contribution in [0.5, 0.6) is 0 Å². The minimum Gasteiger partial charge on any atom is -0.379 e. The topological polar surface area (TPSA) is 53.6 Å². The lowest BCUT2D eigenvalue weighted by molar-refractivity contribution is 0.0341. The zero-order valence-electron chi connectivity index (χ0n) is 17.7. The number of urea groups is 1. The van der Waals surface area contributed by atoms with E-state index < -0.39 is 0 Å². The summed E-state index contributed by atoms with van der Waals surface area (Å²) in [5, 5.41) is 6.23. The molecule has 4 rings (SSSR count). The van der Waals surface area contributed by atoms with Crippen molar-refractivity contribution in [2.75, 3.05) is 32.8 Å². The average Bonchev–Trinajstić information content (AvgIpc) is 3.29. The molecule has 0 spiro atoms. The number of ether oxygens (including phenoxy) is 1. The van der Waals surface area contributed by atoms with Crippen molar-refractivity contribution in [3.05, 3.63) is 71.3 Å². The number of hydrogen-bond donors (Lipinski definition) is 2. The van der Waals surface area contributed by atoms with E-state index in [1.54, 1.807) is 0 Å². The normalized spacial score (nSPS) is 18.8. The van der Waals surface area contributed by atoms with E-state index in [0.717, 1.165) is 45.7 Å². The fourth-order valence-corrected chi connectivity index (χ4v) is 4.78. The Morgan fingerprint density at radius 2 is 1.57 bits per heavy atom. The first-order valence-electron chi connectivity index (χ1n) is 11.2. The number of carbonyl (C=O) groups excluding carboxylic acids is 1. The van der Waals surface area contributed by atoms with Crippen LogP contribution in [-0.2, 0) is 23.2 Å². The van der Waals surface area contributed by atoms with E-state index in [1.165, 1.54) is 29.5 Å². The van der Waals surface area contributed by atoms with Crippen molar-refractivity contribution in [3.8, 4) is 0 Å². The van der Waals surface area contributed by atoms with E-state index in [0.29, 0.717) is 13.1 Å².